The van der Waals surface area contributed by atoms with Crippen LogP contribution in [0.15, 0.2) is 72.8 Å². The number of benzene rings is 3. The third kappa shape index (κ3) is 4.35. The van der Waals surface area contributed by atoms with E-state index in [9.17, 15) is 19.3 Å². The summed E-state index contributed by atoms with van der Waals surface area (Å²) in [6.45, 7) is 0.106. The fraction of sp³-hybridized carbons (Fsp3) is 0.240. The number of carbonyl (C=O) groups excluding carboxylic acids is 1. The lowest BCUT2D eigenvalue weighted by Gasteiger charge is -2.35. The summed E-state index contributed by atoms with van der Waals surface area (Å²) >= 11 is 0. The lowest BCUT2D eigenvalue weighted by Crippen LogP contribution is -2.42. The van der Waals surface area contributed by atoms with Crippen LogP contribution in [0.1, 0.15) is 35.1 Å². The molecule has 4 unspecified atom stereocenters. The average Bonchev–Trinajstić information content (AvgIpc) is 3.27. The number of non-ortho nitro benzene ring substituents is 1. The van der Waals surface area contributed by atoms with Crippen LogP contribution in [0.5, 0.6) is 5.75 Å². The average molecular weight is 463 g/mol. The molecule has 2 aliphatic heterocycles. The van der Waals surface area contributed by atoms with Crippen LogP contribution in [0.2, 0.25) is 0 Å². The molecule has 174 valence electrons. The van der Waals surface area contributed by atoms with Gasteiger partial charge in [0.15, 0.2) is 6.23 Å². The first-order valence-electron chi connectivity index (χ1n) is 10.9. The summed E-state index contributed by atoms with van der Waals surface area (Å²) in [5.74, 6) is -0.414. The summed E-state index contributed by atoms with van der Waals surface area (Å²) in [6.07, 6.45) is -0.377. The molecular formula is C25H22FN3O5. The Balaban J connectivity index is 1.37. The molecule has 3 aromatic rings. The van der Waals surface area contributed by atoms with Gasteiger partial charge in [-0.3, -0.25) is 14.9 Å². The number of nitrogens with one attached hydrogen (secondary N) is 2. The zero-order valence-electron chi connectivity index (χ0n) is 18.0. The van der Waals surface area contributed by atoms with Crippen molar-refractivity contribution in [2.75, 3.05) is 0 Å². The van der Waals surface area contributed by atoms with E-state index < -0.39 is 11.2 Å². The van der Waals surface area contributed by atoms with E-state index in [0.717, 1.165) is 11.1 Å². The van der Waals surface area contributed by atoms with E-state index in [1.807, 2.05) is 18.2 Å². The zero-order valence-corrected chi connectivity index (χ0v) is 18.0. The third-order valence-corrected chi connectivity index (χ3v) is 6.33. The van der Waals surface area contributed by atoms with Gasteiger partial charge in [-0.1, -0.05) is 42.5 Å². The number of hydrogen-bond acceptors (Lipinski definition) is 7. The fourth-order valence-electron chi connectivity index (χ4n) is 4.66. The molecule has 8 nitrogen and oxygen atoms in total. The van der Waals surface area contributed by atoms with Crippen LogP contribution in [-0.2, 0) is 16.1 Å². The highest BCUT2D eigenvalue weighted by atomic mass is 19.1. The molecule has 9 heteroatoms. The van der Waals surface area contributed by atoms with Gasteiger partial charge in [0, 0.05) is 29.5 Å². The second-order valence-electron chi connectivity index (χ2n) is 8.37. The third-order valence-electron chi connectivity index (χ3n) is 6.33. The predicted molar refractivity (Wildman–Crippen MR) is 120 cm³/mol. The molecule has 0 radical (unpaired) electrons. The van der Waals surface area contributed by atoms with E-state index in [1.54, 1.807) is 36.4 Å². The molecule has 4 atom stereocenters. The molecule has 3 aromatic carbocycles. The number of hydrazine groups is 1. The molecule has 34 heavy (non-hydrogen) atoms. The number of carbonyl (C=O) groups is 1. The van der Waals surface area contributed by atoms with Gasteiger partial charge >= 0.3 is 5.97 Å². The van der Waals surface area contributed by atoms with Crippen molar-refractivity contribution in [1.29, 1.82) is 0 Å². The molecule has 2 heterocycles. The molecule has 2 saturated heterocycles. The molecule has 5 rings (SSSR count). The zero-order chi connectivity index (χ0) is 23.7. The maximum Gasteiger partial charge on any atom is 0.308 e. The summed E-state index contributed by atoms with van der Waals surface area (Å²) in [7, 11) is 0. The van der Waals surface area contributed by atoms with Crippen LogP contribution < -0.4 is 15.6 Å². The van der Waals surface area contributed by atoms with Crippen LogP contribution in [0.3, 0.4) is 0 Å². The highest BCUT2D eigenvalue weighted by molar-refractivity contribution is 5.72. The highest BCUT2D eigenvalue weighted by Gasteiger charge is 2.48. The Morgan fingerprint density at radius 1 is 1.03 bits per heavy atom. The number of hydrogen-bond donors (Lipinski definition) is 2. The first kappa shape index (κ1) is 22.0. The number of esters is 1. The van der Waals surface area contributed by atoms with E-state index in [1.165, 1.54) is 18.2 Å². The van der Waals surface area contributed by atoms with E-state index in [2.05, 4.69) is 10.9 Å². The first-order chi connectivity index (χ1) is 16.5. The van der Waals surface area contributed by atoms with Crippen LogP contribution >= 0.6 is 0 Å². The number of halogens is 1. The quantitative estimate of drug-likeness (QED) is 0.322. The van der Waals surface area contributed by atoms with Gasteiger partial charge in [-0.25, -0.2) is 15.2 Å². The SMILES string of the molecule is O=C1CC(c2ccc(OCc3ccccc3F)cc2)C2C(NNC2c2cccc([N+](=O)[O-])c2)O1. The van der Waals surface area contributed by atoms with Crippen LogP contribution in [-0.4, -0.2) is 17.1 Å². The van der Waals surface area contributed by atoms with Crippen LogP contribution in [0, 0.1) is 21.8 Å². The molecule has 0 aromatic heterocycles. The minimum absolute atomic E-state index is 0.00320. The summed E-state index contributed by atoms with van der Waals surface area (Å²) in [6, 6.07) is 20.0. The van der Waals surface area contributed by atoms with Gasteiger partial charge in [0.05, 0.1) is 17.4 Å². The molecule has 2 N–H and O–H groups in total. The number of nitro groups is 1. The molecule has 0 spiro atoms. The van der Waals surface area contributed by atoms with Crippen molar-refractivity contribution in [3.8, 4) is 5.75 Å². The summed E-state index contributed by atoms with van der Waals surface area (Å²) in [5, 5.41) is 11.2. The fourth-order valence-corrected chi connectivity index (χ4v) is 4.66. The Labute approximate surface area is 194 Å². The summed E-state index contributed by atoms with van der Waals surface area (Å²) < 4.78 is 25.1. The minimum Gasteiger partial charge on any atom is -0.489 e. The van der Waals surface area contributed by atoms with Crippen LogP contribution in [0.4, 0.5) is 10.1 Å². The molecule has 2 fully saturated rings. The molecule has 2 aliphatic rings. The Morgan fingerprint density at radius 3 is 2.59 bits per heavy atom. The van der Waals surface area contributed by atoms with Gasteiger partial charge in [0.1, 0.15) is 18.2 Å². The van der Waals surface area contributed by atoms with Gasteiger partial charge in [-0.05, 0) is 29.3 Å². The summed E-state index contributed by atoms with van der Waals surface area (Å²) in [5.41, 5.74) is 8.29. The first-order valence-corrected chi connectivity index (χ1v) is 10.9. The van der Waals surface area contributed by atoms with E-state index in [4.69, 9.17) is 9.47 Å². The van der Waals surface area contributed by atoms with Gasteiger partial charge in [0.2, 0.25) is 0 Å². The smallest absolute Gasteiger partial charge is 0.308 e. The van der Waals surface area contributed by atoms with Crippen LogP contribution in [0.25, 0.3) is 0 Å². The van der Waals surface area contributed by atoms with Gasteiger partial charge in [0.25, 0.3) is 5.69 Å². The Bertz CT molecular complexity index is 1220. The van der Waals surface area contributed by atoms with Gasteiger partial charge < -0.3 is 9.47 Å². The lowest BCUT2D eigenvalue weighted by atomic mass is 9.76. The monoisotopic (exact) mass is 463 g/mol. The van der Waals surface area contributed by atoms with E-state index in [0.29, 0.717) is 11.3 Å². The molecule has 0 bridgehead atoms. The van der Waals surface area contributed by atoms with Crippen molar-refractivity contribution in [2.24, 2.45) is 5.92 Å². The van der Waals surface area contributed by atoms with Crippen molar-refractivity contribution in [3.05, 3.63) is 105 Å². The van der Waals surface area contributed by atoms with Crippen molar-refractivity contribution in [3.63, 3.8) is 0 Å². The van der Waals surface area contributed by atoms with Crippen molar-refractivity contribution in [1.82, 2.24) is 10.9 Å². The largest absolute Gasteiger partial charge is 0.489 e. The second kappa shape index (κ2) is 9.20. The number of rotatable bonds is 6. The predicted octanol–water partition coefficient (Wildman–Crippen LogP) is 4.13. The Hall–Kier alpha value is -3.82. The Kier molecular flexibility index (Phi) is 5.95. The maximum absolute atomic E-state index is 13.8. The van der Waals surface area contributed by atoms with Crippen molar-refractivity contribution < 1.29 is 23.6 Å². The standard InChI is InChI=1S/C25H22FN3O5/c26-21-7-2-1-4-17(21)14-33-19-10-8-15(9-11-19)20-13-22(30)34-25-23(20)24(27-28-25)16-5-3-6-18(12-16)29(31)32/h1-12,20,23-25,27-28H,13-14H2. The number of ether oxygens (including phenoxy) is 2. The minimum atomic E-state index is -0.563. The summed E-state index contributed by atoms with van der Waals surface area (Å²) in [4.78, 5) is 23.1. The maximum atomic E-state index is 13.8. The lowest BCUT2D eigenvalue weighted by molar-refractivity contribution is -0.384. The number of nitrogens with zero attached hydrogens (tertiary/aromatic N) is 1. The molecule has 0 amide bonds. The van der Waals surface area contributed by atoms with E-state index in [-0.39, 0.29) is 48.4 Å². The second-order valence-corrected chi connectivity index (χ2v) is 8.37. The number of fused-ring (bicyclic) bond motifs is 1. The van der Waals surface area contributed by atoms with Gasteiger partial charge in [-0.2, -0.15) is 0 Å². The van der Waals surface area contributed by atoms with Crippen molar-refractivity contribution in [2.45, 2.75) is 31.2 Å². The molecular weight excluding hydrogens is 441 g/mol. The number of nitro benzene ring substituents is 1. The van der Waals surface area contributed by atoms with Crippen molar-refractivity contribution >= 4 is 11.7 Å². The Morgan fingerprint density at radius 2 is 1.82 bits per heavy atom. The van der Waals surface area contributed by atoms with Gasteiger partial charge in [-0.15, -0.1) is 0 Å². The topological polar surface area (TPSA) is 103 Å². The normalized spacial score (nSPS) is 23.7. The van der Waals surface area contributed by atoms with E-state index >= 15 is 0 Å². The highest BCUT2D eigenvalue weighted by Crippen LogP contribution is 2.45. The molecule has 0 aliphatic carbocycles. The molecule has 0 saturated carbocycles.